The summed E-state index contributed by atoms with van der Waals surface area (Å²) in [5, 5.41) is 6.37. The number of carbonyl (C=O) groups excluding carboxylic acids is 2. The quantitative estimate of drug-likeness (QED) is 0.724. The number of hydrogen-bond donors (Lipinski definition) is 2. The fourth-order valence-electron chi connectivity index (χ4n) is 4.73. The minimum absolute atomic E-state index is 0.0186. The second kappa shape index (κ2) is 9.69. The van der Waals surface area contributed by atoms with Crippen molar-refractivity contribution in [2.75, 3.05) is 26.7 Å². The number of benzene rings is 2. The van der Waals surface area contributed by atoms with E-state index in [2.05, 4.69) is 10.6 Å². The Bertz CT molecular complexity index is 979. The summed E-state index contributed by atoms with van der Waals surface area (Å²) in [7, 11) is 1.54. The lowest BCUT2D eigenvalue weighted by Gasteiger charge is -2.26. The smallest absolute Gasteiger partial charge is 0.254 e. The first-order valence-corrected chi connectivity index (χ1v) is 11.2. The van der Waals surface area contributed by atoms with Crippen molar-refractivity contribution in [3.8, 4) is 5.75 Å². The molecule has 1 saturated carbocycles. The summed E-state index contributed by atoms with van der Waals surface area (Å²) >= 11 is 0. The summed E-state index contributed by atoms with van der Waals surface area (Å²) < 4.78 is 19.0. The Hall–Kier alpha value is -2.93. The highest BCUT2D eigenvalue weighted by atomic mass is 19.1. The Morgan fingerprint density at radius 2 is 2.00 bits per heavy atom. The van der Waals surface area contributed by atoms with Crippen LogP contribution in [0.2, 0.25) is 0 Å². The Labute approximate surface area is 188 Å². The third kappa shape index (κ3) is 5.10. The van der Waals surface area contributed by atoms with Crippen molar-refractivity contribution in [2.45, 2.75) is 44.2 Å². The van der Waals surface area contributed by atoms with Crippen LogP contribution in [0, 0.1) is 5.82 Å². The SMILES string of the molecule is COc1cc(F)cc(C(C)NC2CCC(c3ccc(C(=O)N4CCNC(=O)C4)cc3)C2)c1. The zero-order valence-electron chi connectivity index (χ0n) is 18.6. The molecule has 2 aromatic carbocycles. The van der Waals surface area contributed by atoms with E-state index in [1.807, 2.05) is 37.3 Å². The molecule has 2 aromatic rings. The van der Waals surface area contributed by atoms with Crippen LogP contribution in [0.4, 0.5) is 4.39 Å². The van der Waals surface area contributed by atoms with Crippen molar-refractivity contribution in [2.24, 2.45) is 0 Å². The molecule has 7 heteroatoms. The predicted molar refractivity (Wildman–Crippen MR) is 120 cm³/mol. The molecule has 1 aliphatic carbocycles. The maximum Gasteiger partial charge on any atom is 0.254 e. The van der Waals surface area contributed by atoms with E-state index in [9.17, 15) is 14.0 Å². The molecule has 2 amide bonds. The van der Waals surface area contributed by atoms with Crippen LogP contribution in [0.3, 0.4) is 0 Å². The van der Waals surface area contributed by atoms with E-state index >= 15 is 0 Å². The molecule has 2 N–H and O–H groups in total. The van der Waals surface area contributed by atoms with Crippen molar-refractivity contribution < 1.29 is 18.7 Å². The van der Waals surface area contributed by atoms with Crippen molar-refractivity contribution >= 4 is 11.8 Å². The van der Waals surface area contributed by atoms with E-state index < -0.39 is 0 Å². The molecule has 2 fully saturated rings. The monoisotopic (exact) mass is 439 g/mol. The normalized spacial score (nSPS) is 21.8. The van der Waals surface area contributed by atoms with Crippen molar-refractivity contribution in [1.82, 2.24) is 15.5 Å². The molecule has 170 valence electrons. The summed E-state index contributed by atoms with van der Waals surface area (Å²) in [6, 6.07) is 13.0. The van der Waals surface area contributed by atoms with Gasteiger partial charge in [0.2, 0.25) is 5.91 Å². The van der Waals surface area contributed by atoms with Gasteiger partial charge in [0.25, 0.3) is 5.91 Å². The van der Waals surface area contributed by atoms with Gasteiger partial charge in [0.1, 0.15) is 11.6 Å². The molecule has 1 saturated heterocycles. The van der Waals surface area contributed by atoms with E-state index in [4.69, 9.17) is 4.74 Å². The number of rotatable bonds is 6. The molecule has 1 heterocycles. The van der Waals surface area contributed by atoms with Crippen LogP contribution in [0.15, 0.2) is 42.5 Å². The van der Waals surface area contributed by atoms with Gasteiger partial charge < -0.3 is 20.3 Å². The Morgan fingerprint density at radius 1 is 1.22 bits per heavy atom. The number of amides is 2. The van der Waals surface area contributed by atoms with E-state index in [1.54, 1.807) is 18.1 Å². The minimum Gasteiger partial charge on any atom is -0.497 e. The Balaban J connectivity index is 1.34. The molecule has 6 nitrogen and oxygen atoms in total. The molecular weight excluding hydrogens is 409 g/mol. The largest absolute Gasteiger partial charge is 0.497 e. The summed E-state index contributed by atoms with van der Waals surface area (Å²) in [6.45, 7) is 3.20. The maximum absolute atomic E-state index is 13.8. The van der Waals surface area contributed by atoms with Gasteiger partial charge in [-0.2, -0.15) is 0 Å². The maximum atomic E-state index is 13.8. The van der Waals surface area contributed by atoms with E-state index in [0.717, 1.165) is 24.8 Å². The van der Waals surface area contributed by atoms with Gasteiger partial charge in [0.15, 0.2) is 0 Å². The molecule has 0 bridgehead atoms. The van der Waals surface area contributed by atoms with Crippen LogP contribution in [0.25, 0.3) is 0 Å². The molecule has 0 spiro atoms. The lowest BCUT2D eigenvalue weighted by atomic mass is 9.96. The Kier molecular flexibility index (Phi) is 6.74. The fourth-order valence-corrected chi connectivity index (χ4v) is 4.73. The lowest BCUT2D eigenvalue weighted by molar-refractivity contribution is -0.123. The average molecular weight is 440 g/mol. The number of piperazine rings is 1. The number of nitrogens with zero attached hydrogens (tertiary/aromatic N) is 1. The van der Waals surface area contributed by atoms with Crippen LogP contribution < -0.4 is 15.4 Å². The van der Waals surface area contributed by atoms with Crippen molar-refractivity contribution in [3.63, 3.8) is 0 Å². The number of hydrogen-bond acceptors (Lipinski definition) is 4. The number of methoxy groups -OCH3 is 1. The number of ether oxygens (including phenoxy) is 1. The minimum atomic E-state index is -0.294. The molecule has 0 aromatic heterocycles. The summed E-state index contributed by atoms with van der Waals surface area (Å²) in [5.74, 6) is 0.440. The Morgan fingerprint density at radius 3 is 2.72 bits per heavy atom. The van der Waals surface area contributed by atoms with Crippen molar-refractivity contribution in [1.29, 1.82) is 0 Å². The second-order valence-electron chi connectivity index (χ2n) is 8.72. The molecular formula is C25H30FN3O3. The van der Waals surface area contributed by atoms with Gasteiger partial charge in [0.05, 0.1) is 13.7 Å². The standard InChI is InChI=1S/C25H30FN3O3/c1-16(20-11-21(26)14-23(13-20)32-2)28-22-8-7-19(12-22)17-3-5-18(6-4-17)25(31)29-10-9-27-24(30)15-29/h3-6,11,13-14,16,19,22,28H,7-10,12,15H2,1-2H3,(H,27,30). The molecule has 1 aliphatic heterocycles. The van der Waals surface area contributed by atoms with Crippen LogP contribution in [0.5, 0.6) is 5.75 Å². The number of halogens is 1. The molecule has 3 unspecified atom stereocenters. The fraction of sp³-hybridized carbons (Fsp3) is 0.440. The van der Waals surface area contributed by atoms with E-state index in [1.165, 1.54) is 11.6 Å². The molecule has 0 radical (unpaired) electrons. The third-order valence-electron chi connectivity index (χ3n) is 6.50. The number of carbonyl (C=O) groups is 2. The van der Waals surface area contributed by atoms with Crippen LogP contribution in [0.1, 0.15) is 59.6 Å². The van der Waals surface area contributed by atoms with E-state index in [0.29, 0.717) is 36.4 Å². The molecule has 2 aliphatic rings. The first kappa shape index (κ1) is 22.3. The van der Waals surface area contributed by atoms with Gasteiger partial charge in [-0.05, 0) is 67.5 Å². The van der Waals surface area contributed by atoms with Crippen LogP contribution >= 0.6 is 0 Å². The highest BCUT2D eigenvalue weighted by Gasteiger charge is 2.28. The lowest BCUT2D eigenvalue weighted by Crippen LogP contribution is -2.49. The number of nitrogens with one attached hydrogen (secondary N) is 2. The zero-order valence-corrected chi connectivity index (χ0v) is 18.6. The topological polar surface area (TPSA) is 70.7 Å². The van der Waals surface area contributed by atoms with E-state index in [-0.39, 0.29) is 30.2 Å². The van der Waals surface area contributed by atoms with Gasteiger partial charge in [-0.15, -0.1) is 0 Å². The van der Waals surface area contributed by atoms with Crippen LogP contribution in [-0.4, -0.2) is 49.5 Å². The van der Waals surface area contributed by atoms with Gasteiger partial charge in [0, 0.05) is 36.8 Å². The van der Waals surface area contributed by atoms with Crippen molar-refractivity contribution in [3.05, 3.63) is 65.0 Å². The van der Waals surface area contributed by atoms with Gasteiger partial charge in [-0.1, -0.05) is 12.1 Å². The predicted octanol–water partition coefficient (Wildman–Crippen LogP) is 3.39. The van der Waals surface area contributed by atoms with Gasteiger partial charge >= 0.3 is 0 Å². The van der Waals surface area contributed by atoms with Crippen LogP contribution in [-0.2, 0) is 4.79 Å². The third-order valence-corrected chi connectivity index (χ3v) is 6.50. The first-order valence-electron chi connectivity index (χ1n) is 11.2. The average Bonchev–Trinajstić information content (AvgIpc) is 3.26. The van der Waals surface area contributed by atoms with Gasteiger partial charge in [-0.3, -0.25) is 9.59 Å². The summed E-state index contributed by atoms with van der Waals surface area (Å²) in [5.41, 5.74) is 2.71. The molecule has 32 heavy (non-hydrogen) atoms. The first-order chi connectivity index (χ1) is 15.4. The second-order valence-corrected chi connectivity index (χ2v) is 8.72. The molecule has 4 rings (SSSR count). The molecule has 3 atom stereocenters. The zero-order chi connectivity index (χ0) is 22.7. The highest BCUT2D eigenvalue weighted by Crippen LogP contribution is 2.36. The van der Waals surface area contributed by atoms with Gasteiger partial charge in [-0.25, -0.2) is 4.39 Å². The highest BCUT2D eigenvalue weighted by molar-refractivity contribution is 5.97. The summed E-state index contributed by atoms with van der Waals surface area (Å²) in [4.78, 5) is 25.8. The summed E-state index contributed by atoms with van der Waals surface area (Å²) in [6.07, 6.45) is 3.11.